The average Bonchev–Trinajstić information content (AvgIpc) is 3.32. The summed E-state index contributed by atoms with van der Waals surface area (Å²) in [6.45, 7) is -2.23. The second kappa shape index (κ2) is 31.1. The van der Waals surface area contributed by atoms with Crippen molar-refractivity contribution < 1.29 is 43.5 Å². The molecule has 0 aliphatic heterocycles. The van der Waals surface area contributed by atoms with E-state index in [9.17, 15) is 43.5 Å². The van der Waals surface area contributed by atoms with Crippen molar-refractivity contribution in [2.45, 2.75) is 45.3 Å². The fourth-order valence-electron chi connectivity index (χ4n) is 6.54. The summed E-state index contributed by atoms with van der Waals surface area (Å²) in [5, 5.41) is 12.6. The second-order valence-electron chi connectivity index (χ2n) is 15.7. The first-order valence-electron chi connectivity index (χ1n) is 21.9. The van der Waals surface area contributed by atoms with Gasteiger partial charge in [-0.2, -0.15) is 24.4 Å². The maximum atomic E-state index is 14.3. The molecule has 0 fully saturated rings. The molecule has 0 saturated carbocycles. The zero-order valence-electron chi connectivity index (χ0n) is 38.4. The fourth-order valence-corrected chi connectivity index (χ4v) is 7.10. The lowest BCUT2D eigenvalue weighted by Crippen LogP contribution is -2.52. The highest BCUT2D eigenvalue weighted by molar-refractivity contribution is 7.98. The quantitative estimate of drug-likeness (QED) is 0.0640. The summed E-state index contributed by atoms with van der Waals surface area (Å²) in [5.41, 5.74) is 8.09. The van der Waals surface area contributed by atoms with Crippen LogP contribution in [0.5, 0.6) is 0 Å². The minimum Gasteiger partial charge on any atom is -0.481 e. The van der Waals surface area contributed by atoms with E-state index in [-0.39, 0.29) is 77.0 Å². The molecule has 0 bridgehead atoms. The van der Waals surface area contributed by atoms with Crippen LogP contribution in [-0.4, -0.2) is 188 Å². The van der Waals surface area contributed by atoms with Crippen molar-refractivity contribution in [3.8, 4) is 0 Å². The van der Waals surface area contributed by atoms with E-state index in [0.717, 1.165) is 20.9 Å². The number of pyridine rings is 2. The molecule has 0 saturated heterocycles. The van der Waals surface area contributed by atoms with E-state index in [1.807, 2.05) is 42.7 Å². The Bertz CT molecular complexity index is 2040. The van der Waals surface area contributed by atoms with Gasteiger partial charge < -0.3 is 45.6 Å². The van der Waals surface area contributed by atoms with Gasteiger partial charge in [-0.05, 0) is 60.2 Å². The summed E-state index contributed by atoms with van der Waals surface area (Å²) in [5.74, 6) is -3.81. The van der Waals surface area contributed by atoms with E-state index in [0.29, 0.717) is 36.5 Å². The fraction of sp³-hybridized carbons (Fsp3) is 0.478. The predicted molar refractivity (Wildman–Crippen MR) is 257 cm³/mol. The molecule has 0 unspecified atom stereocenters. The number of likely N-dealkylation sites (N-methyl/N-ethyl adjacent to an activating group) is 1. The highest BCUT2D eigenvalue weighted by Gasteiger charge is 2.30. The molecule has 19 nitrogen and oxygen atoms in total. The lowest BCUT2D eigenvalue weighted by Gasteiger charge is -2.32. The Balaban J connectivity index is 1.84. The van der Waals surface area contributed by atoms with Gasteiger partial charge in [0.05, 0.1) is 39.1 Å². The zero-order valence-corrected chi connectivity index (χ0v) is 40.1. The van der Waals surface area contributed by atoms with Crippen molar-refractivity contribution in [2.75, 3.05) is 96.8 Å². The molecule has 21 heteroatoms. The van der Waals surface area contributed by atoms with E-state index >= 15 is 0 Å². The van der Waals surface area contributed by atoms with Gasteiger partial charge in [0, 0.05) is 83.3 Å². The highest BCUT2D eigenvalue weighted by Crippen LogP contribution is 2.11. The number of carbonyl (C=O) groups is 8. The van der Waals surface area contributed by atoms with Gasteiger partial charge in [-0.1, -0.05) is 42.5 Å². The standard InChI is InChI=1S/C46H64N10O9S2/c1-51(30-39(57)14-8-22-66)41(59)31-53(20-15-46(64)65)43(61)35-56(29-38-13-7-18-49-26-38)45(63)33-52(19-9-16-47)42(60)32-54(21-23-67-2)44(62)34-55(28-36-10-4-3-5-11-36)40(58)27-50-25-37-12-6-17-48-24-37/h3-7,10-13,17-18,24,26,50,66H,8-9,14-16,19-23,25,27-35,47H2,1-2H3,(H,64,65). The Morgan fingerprint density at radius 1 is 0.627 bits per heavy atom. The number of amides is 6. The minimum absolute atomic E-state index is 0.0415. The summed E-state index contributed by atoms with van der Waals surface area (Å²) in [4.78, 5) is 123. The van der Waals surface area contributed by atoms with Crippen LogP contribution in [0.3, 0.4) is 0 Å². The van der Waals surface area contributed by atoms with Crippen LogP contribution in [0.1, 0.15) is 42.4 Å². The van der Waals surface area contributed by atoms with E-state index < -0.39 is 68.1 Å². The Morgan fingerprint density at radius 2 is 1.15 bits per heavy atom. The van der Waals surface area contributed by atoms with Crippen LogP contribution in [0.4, 0.5) is 0 Å². The molecule has 0 spiro atoms. The number of thiol groups is 1. The van der Waals surface area contributed by atoms with Crippen LogP contribution < -0.4 is 11.1 Å². The van der Waals surface area contributed by atoms with Crippen LogP contribution >= 0.6 is 24.4 Å². The largest absolute Gasteiger partial charge is 0.481 e. The Labute approximate surface area is 402 Å². The van der Waals surface area contributed by atoms with Crippen molar-refractivity contribution in [1.82, 2.24) is 44.7 Å². The summed E-state index contributed by atoms with van der Waals surface area (Å²) in [6.07, 6.45) is 8.80. The van der Waals surface area contributed by atoms with Gasteiger partial charge in [-0.15, -0.1) is 0 Å². The second-order valence-corrected chi connectivity index (χ2v) is 17.1. The molecule has 6 amide bonds. The molecule has 364 valence electrons. The number of nitrogens with two attached hydrogens (primary N) is 1. The molecule has 0 radical (unpaired) electrons. The number of aromatic nitrogens is 2. The molecular formula is C46H64N10O9S2. The van der Waals surface area contributed by atoms with Crippen LogP contribution in [0.2, 0.25) is 0 Å². The molecule has 67 heavy (non-hydrogen) atoms. The number of aliphatic carboxylic acids is 1. The average molecular weight is 965 g/mol. The van der Waals surface area contributed by atoms with Crippen molar-refractivity contribution in [3.63, 3.8) is 0 Å². The van der Waals surface area contributed by atoms with Crippen molar-refractivity contribution in [2.24, 2.45) is 5.73 Å². The van der Waals surface area contributed by atoms with Crippen molar-refractivity contribution in [1.29, 1.82) is 0 Å². The number of hydrogen-bond donors (Lipinski definition) is 4. The number of hydrogen-bond acceptors (Lipinski definition) is 14. The van der Waals surface area contributed by atoms with Crippen molar-refractivity contribution in [3.05, 3.63) is 96.1 Å². The third-order valence-electron chi connectivity index (χ3n) is 10.3. The van der Waals surface area contributed by atoms with Crippen molar-refractivity contribution >= 4 is 71.6 Å². The molecule has 3 rings (SSSR count). The first-order chi connectivity index (χ1) is 32.2. The van der Waals surface area contributed by atoms with Gasteiger partial charge in [0.2, 0.25) is 35.4 Å². The lowest BCUT2D eigenvalue weighted by atomic mass is 10.2. The molecular weight excluding hydrogens is 901 g/mol. The Kier molecular flexibility index (Phi) is 25.8. The van der Waals surface area contributed by atoms with Gasteiger partial charge in [0.15, 0.2) is 5.78 Å². The highest BCUT2D eigenvalue weighted by atomic mass is 32.2. The van der Waals surface area contributed by atoms with Crippen LogP contribution in [0.25, 0.3) is 0 Å². The molecule has 2 aromatic heterocycles. The number of Topliss-reactive ketones (excluding diaryl/α,β-unsaturated/α-hetero) is 1. The molecule has 0 aliphatic rings. The van der Waals surface area contributed by atoms with Gasteiger partial charge in [0.25, 0.3) is 0 Å². The summed E-state index contributed by atoms with van der Waals surface area (Å²) in [7, 11) is 1.41. The number of carboxylic acids is 1. The summed E-state index contributed by atoms with van der Waals surface area (Å²) >= 11 is 5.58. The number of ketones is 1. The number of benzene rings is 1. The smallest absolute Gasteiger partial charge is 0.305 e. The maximum Gasteiger partial charge on any atom is 0.305 e. The normalized spacial score (nSPS) is 10.7. The van der Waals surface area contributed by atoms with Gasteiger partial charge in [0.1, 0.15) is 13.1 Å². The lowest BCUT2D eigenvalue weighted by molar-refractivity contribution is -0.148. The third kappa shape index (κ3) is 21.5. The molecule has 4 N–H and O–H groups in total. The monoisotopic (exact) mass is 964 g/mol. The molecule has 1 aromatic carbocycles. The van der Waals surface area contributed by atoms with Gasteiger partial charge in [-0.3, -0.25) is 48.3 Å². The zero-order chi connectivity index (χ0) is 49.0. The van der Waals surface area contributed by atoms with E-state index in [2.05, 4.69) is 27.9 Å². The van der Waals surface area contributed by atoms with Crippen LogP contribution in [0, 0.1) is 0 Å². The van der Waals surface area contributed by atoms with Crippen LogP contribution in [-0.2, 0) is 58.0 Å². The molecule has 2 heterocycles. The number of nitrogens with zero attached hydrogens (tertiary/aromatic N) is 8. The molecule has 0 aliphatic carbocycles. The SMILES string of the molecule is CSCCN(CC(=O)N(CCCN)CC(=O)N(CC(=O)N(CCC(=O)O)CC(=O)N(C)CC(=O)CCCS)Cc1cccnc1)C(=O)CN(Cc1ccccc1)C(=O)CNCc1cccnc1. The third-order valence-corrected chi connectivity index (χ3v) is 11.2. The number of carbonyl (C=O) groups excluding carboxylic acids is 7. The number of carboxylic acid groups (broad SMARTS) is 1. The topological polar surface area (TPSA) is 240 Å². The summed E-state index contributed by atoms with van der Waals surface area (Å²) < 4.78 is 0. The van der Waals surface area contributed by atoms with E-state index in [4.69, 9.17) is 5.73 Å². The predicted octanol–water partition coefficient (Wildman–Crippen LogP) is 1.03. The molecule has 3 aromatic rings. The number of rotatable bonds is 32. The number of nitrogens with one attached hydrogen (secondary N) is 1. The first kappa shape index (κ1) is 55.4. The Morgan fingerprint density at radius 3 is 1.72 bits per heavy atom. The van der Waals surface area contributed by atoms with Gasteiger partial charge in [-0.25, -0.2) is 0 Å². The van der Waals surface area contributed by atoms with Crippen LogP contribution in [0.15, 0.2) is 79.4 Å². The minimum atomic E-state index is -1.22. The first-order valence-corrected chi connectivity index (χ1v) is 24.0. The number of thioether (sulfide) groups is 1. The van der Waals surface area contributed by atoms with E-state index in [1.54, 1.807) is 30.6 Å². The van der Waals surface area contributed by atoms with E-state index in [1.165, 1.54) is 50.8 Å². The Hall–Kier alpha value is -5.90. The molecule has 0 atom stereocenters. The van der Waals surface area contributed by atoms with Gasteiger partial charge >= 0.3 is 5.97 Å². The summed E-state index contributed by atoms with van der Waals surface area (Å²) in [6, 6.07) is 16.2. The maximum absolute atomic E-state index is 14.3.